The van der Waals surface area contributed by atoms with E-state index >= 15 is 0 Å². The maximum Gasteiger partial charge on any atom is 0.301 e. The molecule has 94 valence electrons. The molecule has 0 spiro atoms. The van der Waals surface area contributed by atoms with E-state index in [9.17, 15) is 12.8 Å². The van der Waals surface area contributed by atoms with Gasteiger partial charge in [-0.15, -0.1) is 0 Å². The predicted molar refractivity (Wildman–Crippen MR) is 64.2 cm³/mol. The van der Waals surface area contributed by atoms with Gasteiger partial charge in [0.15, 0.2) is 0 Å². The maximum absolute atomic E-state index is 13.2. The molecule has 1 fully saturated rings. The summed E-state index contributed by atoms with van der Waals surface area (Å²) >= 11 is 0. The Hall–Kier alpha value is -1.34. The number of rotatable bonds is 3. The molecule has 7 heteroatoms. The largest absolute Gasteiger partial charge is 0.396 e. The van der Waals surface area contributed by atoms with Gasteiger partial charge in [0.1, 0.15) is 5.82 Å². The first kappa shape index (κ1) is 12.1. The molecule has 3 N–H and O–H groups in total. The molecular weight excluding hydrogens is 245 g/mol. The van der Waals surface area contributed by atoms with Gasteiger partial charge in [-0.1, -0.05) is 0 Å². The first-order valence-electron chi connectivity index (χ1n) is 5.32. The summed E-state index contributed by atoms with van der Waals surface area (Å²) < 4.78 is 40.6. The maximum atomic E-state index is 13.2. The van der Waals surface area contributed by atoms with E-state index in [0.29, 0.717) is 13.1 Å². The van der Waals surface area contributed by atoms with E-state index in [-0.39, 0.29) is 11.4 Å². The first-order chi connectivity index (χ1) is 7.99. The van der Waals surface area contributed by atoms with Crippen LogP contribution in [0.5, 0.6) is 0 Å². The Kier molecular flexibility index (Phi) is 3.21. The van der Waals surface area contributed by atoms with Crippen molar-refractivity contribution in [2.45, 2.75) is 12.8 Å². The molecule has 1 aliphatic heterocycles. The lowest BCUT2D eigenvalue weighted by Crippen LogP contribution is -2.33. The summed E-state index contributed by atoms with van der Waals surface area (Å²) in [6, 6.07) is 3.84. The van der Waals surface area contributed by atoms with Crippen molar-refractivity contribution < 1.29 is 12.8 Å². The fourth-order valence-corrected chi connectivity index (χ4v) is 3.03. The van der Waals surface area contributed by atoms with Crippen molar-refractivity contribution in [1.29, 1.82) is 0 Å². The zero-order valence-corrected chi connectivity index (χ0v) is 10.0. The Morgan fingerprint density at radius 3 is 2.53 bits per heavy atom. The number of halogens is 1. The number of nitrogens with zero attached hydrogens (tertiary/aromatic N) is 1. The van der Waals surface area contributed by atoms with E-state index in [4.69, 9.17) is 5.73 Å². The molecule has 1 heterocycles. The van der Waals surface area contributed by atoms with Crippen molar-refractivity contribution in [3.63, 3.8) is 0 Å². The molecule has 5 nitrogen and oxygen atoms in total. The van der Waals surface area contributed by atoms with E-state index in [1.807, 2.05) is 0 Å². The first-order valence-corrected chi connectivity index (χ1v) is 6.76. The Morgan fingerprint density at radius 1 is 1.29 bits per heavy atom. The average molecular weight is 259 g/mol. The van der Waals surface area contributed by atoms with Crippen molar-refractivity contribution in [2.75, 3.05) is 23.5 Å². The summed E-state index contributed by atoms with van der Waals surface area (Å²) in [5.74, 6) is -0.633. The van der Waals surface area contributed by atoms with E-state index in [1.54, 1.807) is 0 Å². The summed E-state index contributed by atoms with van der Waals surface area (Å²) in [5.41, 5.74) is 5.49. The van der Waals surface area contributed by atoms with Gasteiger partial charge in [-0.2, -0.15) is 12.7 Å². The number of benzene rings is 1. The minimum atomic E-state index is -3.57. The normalized spacial score (nSPS) is 17.2. The van der Waals surface area contributed by atoms with Crippen molar-refractivity contribution >= 4 is 21.6 Å². The van der Waals surface area contributed by atoms with Crippen molar-refractivity contribution in [3.05, 3.63) is 24.0 Å². The van der Waals surface area contributed by atoms with Crippen LogP contribution in [0.4, 0.5) is 15.8 Å². The lowest BCUT2D eigenvalue weighted by Gasteiger charge is -2.16. The van der Waals surface area contributed by atoms with Crippen molar-refractivity contribution in [3.8, 4) is 0 Å². The molecule has 0 aliphatic carbocycles. The second-order valence-electron chi connectivity index (χ2n) is 3.95. The van der Waals surface area contributed by atoms with Crippen LogP contribution in [0, 0.1) is 5.82 Å². The van der Waals surface area contributed by atoms with Crippen molar-refractivity contribution in [1.82, 2.24) is 4.31 Å². The van der Waals surface area contributed by atoms with Crippen molar-refractivity contribution in [2.24, 2.45) is 0 Å². The molecule has 2 rings (SSSR count). The summed E-state index contributed by atoms with van der Waals surface area (Å²) in [5, 5.41) is 0. The number of nitrogens with two attached hydrogens (primary N) is 1. The van der Waals surface area contributed by atoms with Gasteiger partial charge in [-0.3, -0.25) is 4.72 Å². The smallest absolute Gasteiger partial charge is 0.301 e. The van der Waals surface area contributed by atoms with Crippen LogP contribution in [0.3, 0.4) is 0 Å². The van der Waals surface area contributed by atoms with Gasteiger partial charge < -0.3 is 5.73 Å². The Labute approximate surface area is 99.6 Å². The van der Waals surface area contributed by atoms with Crippen LogP contribution < -0.4 is 10.5 Å². The van der Waals surface area contributed by atoms with Gasteiger partial charge in [0.25, 0.3) is 0 Å². The molecule has 0 aromatic heterocycles. The summed E-state index contributed by atoms with van der Waals surface area (Å²) in [6.45, 7) is 1.01. The molecule has 1 saturated heterocycles. The molecular formula is C10H14FN3O2S. The molecule has 0 amide bonds. The SMILES string of the molecule is Nc1ccc(NS(=O)(=O)N2CCCC2)cc1F. The fourth-order valence-electron chi connectivity index (χ4n) is 1.73. The van der Waals surface area contributed by atoms with Crippen LogP contribution in [0.15, 0.2) is 18.2 Å². The monoisotopic (exact) mass is 259 g/mol. The van der Waals surface area contributed by atoms with Crippen LogP contribution in [0.2, 0.25) is 0 Å². The summed E-state index contributed by atoms with van der Waals surface area (Å²) in [4.78, 5) is 0. The van der Waals surface area contributed by atoms with Gasteiger partial charge in [0.2, 0.25) is 0 Å². The Bertz CT molecular complexity index is 512. The third kappa shape index (κ3) is 2.67. The summed E-state index contributed by atoms with van der Waals surface area (Å²) in [6.07, 6.45) is 1.72. The minimum absolute atomic E-state index is 0.00544. The number of nitrogens with one attached hydrogen (secondary N) is 1. The lowest BCUT2D eigenvalue weighted by atomic mass is 10.3. The van der Waals surface area contributed by atoms with Crippen LogP contribution in [-0.2, 0) is 10.2 Å². The second-order valence-corrected chi connectivity index (χ2v) is 5.62. The predicted octanol–water partition coefficient (Wildman–Crippen LogP) is 1.16. The lowest BCUT2D eigenvalue weighted by molar-refractivity contribution is 0.482. The molecule has 0 bridgehead atoms. The number of anilines is 2. The van der Waals surface area contributed by atoms with Crippen LogP contribution in [0.1, 0.15) is 12.8 Å². The van der Waals surface area contributed by atoms with Gasteiger partial charge in [0.05, 0.1) is 11.4 Å². The van der Waals surface area contributed by atoms with Gasteiger partial charge >= 0.3 is 10.2 Å². The molecule has 0 saturated carbocycles. The number of hydrogen-bond acceptors (Lipinski definition) is 3. The highest BCUT2D eigenvalue weighted by Gasteiger charge is 2.25. The molecule has 0 unspecified atom stereocenters. The Balaban J connectivity index is 2.17. The summed E-state index contributed by atoms with van der Waals surface area (Å²) in [7, 11) is -3.57. The second kappa shape index (κ2) is 4.50. The third-order valence-corrected chi connectivity index (χ3v) is 4.19. The van der Waals surface area contributed by atoms with Gasteiger partial charge in [-0.25, -0.2) is 4.39 Å². The highest BCUT2D eigenvalue weighted by molar-refractivity contribution is 7.90. The molecule has 17 heavy (non-hydrogen) atoms. The van der Waals surface area contributed by atoms with Crippen LogP contribution in [-0.4, -0.2) is 25.8 Å². The van der Waals surface area contributed by atoms with E-state index in [1.165, 1.54) is 16.4 Å². The fraction of sp³-hybridized carbons (Fsp3) is 0.400. The molecule has 0 atom stereocenters. The number of nitrogen functional groups attached to an aromatic ring is 1. The van der Waals surface area contributed by atoms with Crippen LogP contribution in [0.25, 0.3) is 0 Å². The zero-order chi connectivity index (χ0) is 12.5. The average Bonchev–Trinajstić information content (AvgIpc) is 2.77. The highest BCUT2D eigenvalue weighted by Crippen LogP contribution is 2.19. The topological polar surface area (TPSA) is 75.4 Å². The quantitative estimate of drug-likeness (QED) is 0.800. The zero-order valence-electron chi connectivity index (χ0n) is 9.19. The van der Waals surface area contributed by atoms with E-state index in [0.717, 1.165) is 18.9 Å². The highest BCUT2D eigenvalue weighted by atomic mass is 32.2. The third-order valence-electron chi connectivity index (χ3n) is 2.65. The van der Waals surface area contributed by atoms with E-state index in [2.05, 4.69) is 4.72 Å². The molecule has 0 radical (unpaired) electrons. The van der Waals surface area contributed by atoms with Gasteiger partial charge in [0, 0.05) is 19.2 Å². The number of hydrogen-bond donors (Lipinski definition) is 2. The molecule has 1 aromatic carbocycles. The van der Waals surface area contributed by atoms with Gasteiger partial charge in [-0.05, 0) is 25.0 Å². The Morgan fingerprint density at radius 2 is 1.94 bits per heavy atom. The molecule has 1 aromatic rings. The van der Waals surface area contributed by atoms with E-state index < -0.39 is 16.0 Å². The molecule has 1 aliphatic rings. The standard InChI is InChI=1S/C10H14FN3O2S/c11-9-7-8(3-4-10(9)12)13-17(15,16)14-5-1-2-6-14/h3-4,7,13H,1-2,5-6,12H2. The minimum Gasteiger partial charge on any atom is -0.396 e. The van der Waals surface area contributed by atoms with Crippen LogP contribution >= 0.6 is 0 Å².